The largest absolute Gasteiger partial charge is 0.409 e. The minimum atomic E-state index is -0.907. The highest BCUT2D eigenvalue weighted by Gasteiger charge is 2.39. The summed E-state index contributed by atoms with van der Waals surface area (Å²) in [6.07, 6.45) is 1.04. The summed E-state index contributed by atoms with van der Waals surface area (Å²) in [7, 11) is 1.96. The lowest BCUT2D eigenvalue weighted by Crippen LogP contribution is -2.62. The van der Waals surface area contributed by atoms with E-state index in [9.17, 15) is 9.59 Å². The predicted molar refractivity (Wildman–Crippen MR) is 75.2 cm³/mol. The Morgan fingerprint density at radius 3 is 2.71 bits per heavy atom. The molecule has 9 heteroatoms. The molecule has 0 atom stereocenters. The number of nitrogens with one attached hydrogen (secondary N) is 2. The van der Waals surface area contributed by atoms with Crippen molar-refractivity contribution >= 4 is 11.7 Å². The van der Waals surface area contributed by atoms with Gasteiger partial charge in [0.05, 0.1) is 0 Å². The van der Waals surface area contributed by atoms with E-state index in [1.165, 1.54) is 12.1 Å². The molecule has 0 aromatic carbocycles. The molecule has 1 aliphatic heterocycles. The zero-order valence-corrected chi connectivity index (χ0v) is 11.7. The number of amides is 1. The van der Waals surface area contributed by atoms with Crippen LogP contribution in [0, 0.1) is 0 Å². The van der Waals surface area contributed by atoms with E-state index in [1.807, 2.05) is 7.05 Å². The fraction of sp³-hybridized carbons (Fsp3) is 0.500. The Kier molecular flexibility index (Phi) is 4.22. The Labute approximate surface area is 120 Å². The molecule has 0 saturated carbocycles. The lowest BCUT2D eigenvalue weighted by Gasteiger charge is -2.39. The molecule has 1 saturated heterocycles. The van der Waals surface area contributed by atoms with E-state index in [4.69, 9.17) is 10.9 Å². The van der Waals surface area contributed by atoms with E-state index >= 15 is 0 Å². The van der Waals surface area contributed by atoms with Gasteiger partial charge < -0.3 is 21.2 Å². The molecule has 0 aliphatic carbocycles. The minimum Gasteiger partial charge on any atom is -0.409 e. The molecule has 2 heterocycles. The maximum Gasteiger partial charge on any atom is 0.272 e. The van der Waals surface area contributed by atoms with Crippen LogP contribution in [0.5, 0.6) is 0 Å². The average molecular weight is 294 g/mol. The molecular formula is C12H18N6O3. The zero-order valence-electron chi connectivity index (χ0n) is 11.7. The Balaban J connectivity index is 2.21. The lowest BCUT2D eigenvalue weighted by atomic mass is 9.86. The standard InChI is InChI=1S/C12H18N6O3/c1-18-6-4-12(5-7-18,11(13)17-21)14-10(20)8-2-3-9(19)16-15-8/h2-3,21H,4-7H2,1H3,(H2,13,17)(H,14,20)(H,16,19). The number of nitrogens with zero attached hydrogens (tertiary/aromatic N) is 3. The van der Waals surface area contributed by atoms with E-state index in [1.54, 1.807) is 0 Å². The number of oxime groups is 1. The van der Waals surface area contributed by atoms with E-state index in [0.29, 0.717) is 25.9 Å². The zero-order chi connectivity index (χ0) is 15.5. The van der Waals surface area contributed by atoms with Gasteiger partial charge in [-0.1, -0.05) is 5.16 Å². The monoisotopic (exact) mass is 294 g/mol. The van der Waals surface area contributed by atoms with Gasteiger partial charge in [0, 0.05) is 19.2 Å². The minimum absolute atomic E-state index is 0.0339. The quantitative estimate of drug-likeness (QED) is 0.237. The van der Waals surface area contributed by atoms with Gasteiger partial charge in [0.15, 0.2) is 5.84 Å². The van der Waals surface area contributed by atoms with Gasteiger partial charge in [-0.25, -0.2) is 5.10 Å². The summed E-state index contributed by atoms with van der Waals surface area (Å²) in [6.45, 7) is 1.41. The smallest absolute Gasteiger partial charge is 0.272 e. The normalized spacial score (nSPS) is 19.2. The molecule has 5 N–H and O–H groups in total. The van der Waals surface area contributed by atoms with Crippen LogP contribution >= 0.6 is 0 Å². The Morgan fingerprint density at radius 2 is 2.19 bits per heavy atom. The third kappa shape index (κ3) is 3.19. The average Bonchev–Trinajstić information content (AvgIpc) is 2.49. The first kappa shape index (κ1) is 15.0. The number of aromatic nitrogens is 2. The number of nitrogens with two attached hydrogens (primary N) is 1. The highest BCUT2D eigenvalue weighted by atomic mass is 16.4. The molecule has 0 unspecified atom stereocenters. The Morgan fingerprint density at radius 1 is 1.52 bits per heavy atom. The number of rotatable bonds is 3. The van der Waals surface area contributed by atoms with Crippen molar-refractivity contribution in [1.82, 2.24) is 20.4 Å². The van der Waals surface area contributed by atoms with Gasteiger partial charge >= 0.3 is 0 Å². The van der Waals surface area contributed by atoms with Gasteiger partial charge in [0.25, 0.3) is 11.5 Å². The summed E-state index contributed by atoms with van der Waals surface area (Å²) in [5.74, 6) is -0.518. The molecule has 114 valence electrons. The van der Waals surface area contributed by atoms with Crippen molar-refractivity contribution in [2.75, 3.05) is 20.1 Å². The van der Waals surface area contributed by atoms with E-state index in [2.05, 4.69) is 25.6 Å². The summed E-state index contributed by atoms with van der Waals surface area (Å²) in [5.41, 5.74) is 4.54. The van der Waals surface area contributed by atoms with Crippen LogP contribution in [0.15, 0.2) is 22.1 Å². The van der Waals surface area contributed by atoms with Crippen LogP contribution in [0.25, 0.3) is 0 Å². The lowest BCUT2D eigenvalue weighted by molar-refractivity contribution is 0.0880. The summed E-state index contributed by atoms with van der Waals surface area (Å²) >= 11 is 0. The van der Waals surface area contributed by atoms with Gasteiger partial charge in [-0.3, -0.25) is 9.59 Å². The van der Waals surface area contributed by atoms with E-state index in [-0.39, 0.29) is 11.5 Å². The fourth-order valence-corrected chi connectivity index (χ4v) is 2.29. The van der Waals surface area contributed by atoms with Crippen LogP contribution in [0.1, 0.15) is 23.3 Å². The van der Waals surface area contributed by atoms with Crippen molar-refractivity contribution in [3.8, 4) is 0 Å². The van der Waals surface area contributed by atoms with Crippen molar-refractivity contribution in [1.29, 1.82) is 0 Å². The van der Waals surface area contributed by atoms with Gasteiger partial charge in [-0.2, -0.15) is 5.10 Å². The van der Waals surface area contributed by atoms with Crippen LogP contribution in [0.3, 0.4) is 0 Å². The maximum atomic E-state index is 12.2. The first-order valence-corrected chi connectivity index (χ1v) is 6.52. The molecule has 9 nitrogen and oxygen atoms in total. The number of hydrogen-bond donors (Lipinski definition) is 4. The van der Waals surface area contributed by atoms with Crippen LogP contribution in [0.2, 0.25) is 0 Å². The van der Waals surface area contributed by atoms with Crippen molar-refractivity contribution in [3.63, 3.8) is 0 Å². The topological polar surface area (TPSA) is 137 Å². The molecule has 1 amide bonds. The molecule has 2 rings (SSSR count). The second-order valence-corrected chi connectivity index (χ2v) is 5.13. The van der Waals surface area contributed by atoms with E-state index < -0.39 is 17.0 Å². The van der Waals surface area contributed by atoms with Crippen molar-refractivity contribution in [2.45, 2.75) is 18.4 Å². The number of aromatic amines is 1. The molecule has 0 radical (unpaired) electrons. The molecular weight excluding hydrogens is 276 g/mol. The molecule has 0 bridgehead atoms. The maximum absolute atomic E-state index is 12.2. The van der Waals surface area contributed by atoms with Crippen molar-refractivity contribution < 1.29 is 10.0 Å². The highest BCUT2D eigenvalue weighted by Crippen LogP contribution is 2.22. The number of likely N-dealkylation sites (tertiary alicyclic amines) is 1. The molecule has 1 aromatic heterocycles. The third-order valence-electron chi connectivity index (χ3n) is 3.70. The number of piperidine rings is 1. The van der Waals surface area contributed by atoms with Crippen LogP contribution in [-0.2, 0) is 0 Å². The number of carbonyl (C=O) groups excluding carboxylic acids is 1. The molecule has 1 fully saturated rings. The number of carbonyl (C=O) groups is 1. The third-order valence-corrected chi connectivity index (χ3v) is 3.70. The first-order valence-electron chi connectivity index (χ1n) is 6.52. The van der Waals surface area contributed by atoms with Gasteiger partial charge in [0.1, 0.15) is 11.2 Å². The van der Waals surface area contributed by atoms with E-state index in [0.717, 1.165) is 0 Å². The number of amidine groups is 1. The molecule has 0 spiro atoms. The summed E-state index contributed by atoms with van der Waals surface area (Å²) < 4.78 is 0. The van der Waals surface area contributed by atoms with Gasteiger partial charge in [0.2, 0.25) is 0 Å². The number of hydrogen-bond acceptors (Lipinski definition) is 6. The summed E-state index contributed by atoms with van der Waals surface area (Å²) in [4.78, 5) is 25.3. The van der Waals surface area contributed by atoms with Crippen LogP contribution in [-0.4, -0.2) is 57.7 Å². The van der Waals surface area contributed by atoms with Crippen molar-refractivity contribution in [3.05, 3.63) is 28.2 Å². The second-order valence-electron chi connectivity index (χ2n) is 5.13. The summed E-state index contributed by atoms with van der Waals surface area (Å²) in [6, 6.07) is 2.54. The van der Waals surface area contributed by atoms with Gasteiger partial charge in [-0.05, 0) is 26.0 Å². The first-order chi connectivity index (χ1) is 9.97. The predicted octanol–water partition coefficient (Wildman–Crippen LogP) is -1.29. The SMILES string of the molecule is CN1CCC(NC(=O)c2ccc(=O)[nH]n2)(/C(N)=N/O)CC1. The fourth-order valence-electron chi connectivity index (χ4n) is 2.29. The Bertz CT molecular complexity index is 583. The molecule has 1 aliphatic rings. The molecule has 21 heavy (non-hydrogen) atoms. The second kappa shape index (κ2) is 5.92. The Hall–Kier alpha value is -2.42. The van der Waals surface area contributed by atoms with Crippen molar-refractivity contribution in [2.24, 2.45) is 10.9 Å². The summed E-state index contributed by atoms with van der Waals surface area (Å²) in [5, 5.41) is 20.7. The van der Waals surface area contributed by atoms with Gasteiger partial charge in [-0.15, -0.1) is 0 Å². The van der Waals surface area contributed by atoms with Crippen LogP contribution < -0.4 is 16.6 Å². The number of H-pyrrole nitrogens is 1. The molecule has 1 aromatic rings. The van der Waals surface area contributed by atoms with Crippen LogP contribution in [0.4, 0.5) is 0 Å². The highest BCUT2D eigenvalue weighted by molar-refractivity contribution is 5.99.